The zero-order valence-electron chi connectivity index (χ0n) is 29.3. The van der Waals surface area contributed by atoms with Crippen LogP contribution in [0.15, 0.2) is 127 Å². The van der Waals surface area contributed by atoms with Crippen LogP contribution in [-0.4, -0.2) is 46.8 Å². The lowest BCUT2D eigenvalue weighted by atomic mass is 9.84. The largest absolute Gasteiger partial charge is 0.392 e. The van der Waals surface area contributed by atoms with Crippen LogP contribution in [0.4, 0.5) is 0 Å². The summed E-state index contributed by atoms with van der Waals surface area (Å²) in [5.74, 6) is -0.0611. The Morgan fingerprint density at radius 1 is 0.827 bits per heavy atom. The van der Waals surface area contributed by atoms with E-state index in [1.165, 1.54) is 0 Å². The van der Waals surface area contributed by atoms with E-state index in [0.717, 1.165) is 52.0 Å². The molecular formula is C44H45ClN2O5. The summed E-state index contributed by atoms with van der Waals surface area (Å²) >= 11 is 6.11. The lowest BCUT2D eigenvalue weighted by Crippen LogP contribution is -2.49. The van der Waals surface area contributed by atoms with Crippen LogP contribution >= 0.6 is 11.6 Å². The summed E-state index contributed by atoms with van der Waals surface area (Å²) in [4.78, 5) is 15.1. The third-order valence-corrected chi connectivity index (χ3v) is 10.9. The van der Waals surface area contributed by atoms with Gasteiger partial charge in [-0.15, -0.1) is 0 Å². The molecule has 1 amide bonds. The van der Waals surface area contributed by atoms with Crippen molar-refractivity contribution >= 4 is 17.5 Å². The van der Waals surface area contributed by atoms with Crippen LogP contribution in [-0.2, 0) is 28.2 Å². The van der Waals surface area contributed by atoms with Crippen LogP contribution in [0.5, 0.6) is 0 Å². The molecule has 5 aromatic carbocycles. The number of aliphatic hydroxyl groups excluding tert-OH is 1. The first-order chi connectivity index (χ1) is 25.3. The van der Waals surface area contributed by atoms with Gasteiger partial charge in [-0.05, 0) is 70.5 Å². The first-order valence-corrected chi connectivity index (χ1v) is 18.4. The number of halogens is 1. The van der Waals surface area contributed by atoms with Gasteiger partial charge in [-0.1, -0.05) is 122 Å². The number of piperidine rings is 1. The molecule has 52 heavy (non-hydrogen) atoms. The molecule has 4 atom stereocenters. The van der Waals surface area contributed by atoms with Gasteiger partial charge in [0.25, 0.3) is 5.91 Å². The molecule has 3 N–H and O–H groups in total. The van der Waals surface area contributed by atoms with Crippen molar-refractivity contribution in [3.05, 3.63) is 166 Å². The molecule has 5 aromatic rings. The number of likely N-dealkylation sites (tertiary alicyclic amines) is 1. The Kier molecular flexibility index (Phi) is 11.2. The topological polar surface area (TPSA) is 91.3 Å². The van der Waals surface area contributed by atoms with Gasteiger partial charge in [0, 0.05) is 48.2 Å². The van der Waals surface area contributed by atoms with Crippen molar-refractivity contribution in [2.75, 3.05) is 19.6 Å². The van der Waals surface area contributed by atoms with E-state index < -0.39 is 11.9 Å². The fraction of sp³-hybridized carbons (Fsp3) is 0.295. The summed E-state index contributed by atoms with van der Waals surface area (Å²) in [5, 5.41) is 24.9. The molecule has 2 saturated heterocycles. The van der Waals surface area contributed by atoms with E-state index in [0.29, 0.717) is 36.5 Å². The van der Waals surface area contributed by atoms with Crippen LogP contribution in [0.2, 0.25) is 5.02 Å². The predicted octanol–water partition coefficient (Wildman–Crippen LogP) is 8.20. The molecule has 0 saturated carbocycles. The third-order valence-electron chi connectivity index (χ3n) is 10.6. The molecule has 0 bridgehead atoms. The van der Waals surface area contributed by atoms with Crippen molar-refractivity contribution < 1.29 is 24.5 Å². The van der Waals surface area contributed by atoms with Crippen molar-refractivity contribution in [3.63, 3.8) is 0 Å². The molecule has 0 spiro atoms. The Morgan fingerprint density at radius 3 is 2.17 bits per heavy atom. The number of benzene rings is 5. The number of hydrogen-bond acceptors (Lipinski definition) is 6. The van der Waals surface area contributed by atoms with E-state index in [9.17, 15) is 15.0 Å². The second-order valence-corrected chi connectivity index (χ2v) is 14.4. The van der Waals surface area contributed by atoms with Crippen LogP contribution in [0.1, 0.15) is 70.3 Å². The molecule has 0 aromatic heterocycles. The number of amides is 1. The first kappa shape index (κ1) is 36.0. The number of carbonyl (C=O) groups excluding carboxylic acids is 1. The average molecular weight is 717 g/mol. The Bertz CT molecular complexity index is 1930. The maximum atomic E-state index is 12.8. The second kappa shape index (κ2) is 16.1. The van der Waals surface area contributed by atoms with Crippen LogP contribution < -0.4 is 5.32 Å². The summed E-state index contributed by atoms with van der Waals surface area (Å²) in [6.45, 7) is 4.77. The maximum absolute atomic E-state index is 12.8. The van der Waals surface area contributed by atoms with E-state index >= 15 is 0 Å². The zero-order chi connectivity index (χ0) is 36.1. The average Bonchev–Trinajstić information content (AvgIpc) is 3.19. The number of nitrogens with zero attached hydrogens (tertiary/aromatic N) is 1. The molecule has 2 fully saturated rings. The monoisotopic (exact) mass is 716 g/mol. The quantitative estimate of drug-likeness (QED) is 0.135. The highest BCUT2D eigenvalue weighted by molar-refractivity contribution is 6.30. The zero-order valence-corrected chi connectivity index (χ0v) is 30.1. The molecule has 8 heteroatoms. The number of hydrogen-bond donors (Lipinski definition) is 3. The van der Waals surface area contributed by atoms with Crippen LogP contribution in [0, 0.1) is 5.92 Å². The van der Waals surface area contributed by atoms with Gasteiger partial charge in [-0.2, -0.15) is 0 Å². The Labute approximate surface area is 310 Å². The summed E-state index contributed by atoms with van der Waals surface area (Å²) in [6.07, 6.45) is 0.313. The Hall–Kier alpha value is -4.34. The minimum absolute atomic E-state index is 0.0120. The van der Waals surface area contributed by atoms with Gasteiger partial charge >= 0.3 is 0 Å². The van der Waals surface area contributed by atoms with Crippen molar-refractivity contribution in [1.82, 2.24) is 10.2 Å². The summed E-state index contributed by atoms with van der Waals surface area (Å²) in [6, 6.07) is 41.1. The molecular weight excluding hydrogens is 672 g/mol. The van der Waals surface area contributed by atoms with Gasteiger partial charge in [0.2, 0.25) is 0 Å². The molecule has 2 heterocycles. The standard InChI is InChI=1S/C44H45ClN2O5/c1-30-40(28-47-25-23-44(50,24-26-47)37-19-21-38(45)22-20-37)51-43(52-41(30)33-13-11-31(29-48)12-14-33)35-17-15-32(16-18-35)39-10-6-5-9-36(39)27-46-42(49)34-7-3-2-4-8-34/h2-22,30,40-41,43,48,50H,23-29H2,1H3,(H,46,49). The van der Waals surface area contributed by atoms with E-state index in [1.807, 2.05) is 97.1 Å². The normalized spacial score (nSPS) is 21.8. The smallest absolute Gasteiger partial charge is 0.251 e. The van der Waals surface area contributed by atoms with E-state index in [-0.39, 0.29) is 30.6 Å². The van der Waals surface area contributed by atoms with Crippen molar-refractivity contribution in [2.45, 2.75) is 57.0 Å². The fourth-order valence-corrected chi connectivity index (χ4v) is 7.51. The number of carbonyl (C=O) groups is 1. The van der Waals surface area contributed by atoms with Gasteiger partial charge in [0.1, 0.15) is 0 Å². The fourth-order valence-electron chi connectivity index (χ4n) is 7.38. The predicted molar refractivity (Wildman–Crippen MR) is 203 cm³/mol. The summed E-state index contributed by atoms with van der Waals surface area (Å²) in [5.41, 5.74) is 6.58. The maximum Gasteiger partial charge on any atom is 0.251 e. The summed E-state index contributed by atoms with van der Waals surface area (Å²) < 4.78 is 13.5. The lowest BCUT2D eigenvalue weighted by Gasteiger charge is -2.45. The molecule has 7 rings (SSSR count). The van der Waals surface area contributed by atoms with E-state index in [4.69, 9.17) is 21.1 Å². The van der Waals surface area contributed by atoms with Gasteiger partial charge in [0.15, 0.2) is 6.29 Å². The number of rotatable bonds is 10. The highest BCUT2D eigenvalue weighted by Gasteiger charge is 2.41. The molecule has 2 aliphatic heterocycles. The molecule has 7 nitrogen and oxygen atoms in total. The van der Waals surface area contributed by atoms with Gasteiger partial charge in [0.05, 0.1) is 24.4 Å². The van der Waals surface area contributed by atoms with Gasteiger partial charge < -0.3 is 29.9 Å². The molecule has 2 aliphatic rings. The van der Waals surface area contributed by atoms with Crippen LogP contribution in [0.25, 0.3) is 11.1 Å². The Balaban J connectivity index is 1.08. The highest BCUT2D eigenvalue weighted by Crippen LogP contribution is 2.43. The van der Waals surface area contributed by atoms with Gasteiger partial charge in [-0.3, -0.25) is 4.79 Å². The minimum atomic E-state index is -0.878. The number of nitrogens with one attached hydrogen (secondary N) is 1. The second-order valence-electron chi connectivity index (χ2n) is 14.0. The molecule has 268 valence electrons. The lowest BCUT2D eigenvalue weighted by molar-refractivity contribution is -0.277. The van der Waals surface area contributed by atoms with E-state index in [1.54, 1.807) is 0 Å². The van der Waals surface area contributed by atoms with Gasteiger partial charge in [-0.25, -0.2) is 0 Å². The number of ether oxygens (including phenoxy) is 2. The van der Waals surface area contributed by atoms with E-state index in [2.05, 4.69) is 47.5 Å². The SMILES string of the molecule is CC1C(CN2CCC(O)(c3ccc(Cl)cc3)CC2)OC(c2ccc(-c3ccccc3CNC(=O)c3ccccc3)cc2)OC1c1ccc(CO)cc1. The van der Waals surface area contributed by atoms with Crippen LogP contribution in [0.3, 0.4) is 0 Å². The molecule has 0 aliphatic carbocycles. The highest BCUT2D eigenvalue weighted by atomic mass is 35.5. The van der Waals surface area contributed by atoms with Crippen molar-refractivity contribution in [3.8, 4) is 11.1 Å². The summed E-state index contributed by atoms with van der Waals surface area (Å²) in [7, 11) is 0. The molecule has 0 radical (unpaired) electrons. The van der Waals surface area contributed by atoms with Crippen molar-refractivity contribution in [2.24, 2.45) is 5.92 Å². The molecule has 4 unspecified atom stereocenters. The first-order valence-electron chi connectivity index (χ1n) is 18.0. The van der Waals surface area contributed by atoms with Crippen molar-refractivity contribution in [1.29, 1.82) is 0 Å². The minimum Gasteiger partial charge on any atom is -0.392 e. The Morgan fingerprint density at radius 2 is 1.48 bits per heavy atom. The third kappa shape index (κ3) is 8.16. The number of aliphatic hydroxyl groups is 2.